The number of ether oxygens (including phenoxy) is 1. The Morgan fingerprint density at radius 3 is 2.69 bits per heavy atom. The summed E-state index contributed by atoms with van der Waals surface area (Å²) < 4.78 is 30.0. The molecule has 0 unspecified atom stereocenters. The number of carbonyl (C=O) groups excluding carboxylic acids is 1. The average Bonchev–Trinajstić information content (AvgIpc) is 2.30. The Hall–Kier alpha value is -0.470. The van der Waals surface area contributed by atoms with Crippen LogP contribution in [0.15, 0.2) is 0 Å². The van der Waals surface area contributed by atoms with Gasteiger partial charge in [-0.3, -0.25) is 4.18 Å². The van der Waals surface area contributed by atoms with E-state index in [-0.39, 0.29) is 26.6 Å². The van der Waals surface area contributed by atoms with Crippen molar-refractivity contribution in [3.8, 4) is 0 Å². The second-order valence-electron chi connectivity index (χ2n) is 2.40. The van der Waals surface area contributed by atoms with E-state index in [2.05, 4.69) is 14.2 Å². The Morgan fingerprint density at radius 2 is 2.31 bits per heavy atom. The molecule has 0 saturated carbocycles. The Labute approximate surface area is 83.2 Å². The first-order valence-electron chi connectivity index (χ1n) is 3.26. The quantitative estimate of drug-likeness (QED) is 0.640. The van der Waals surface area contributed by atoms with Gasteiger partial charge in [-0.2, -0.15) is 21.9 Å². The molecular formula is C5H11NO5S2. The molecule has 6 nitrogen and oxygen atoms in total. The molecule has 1 rings (SSSR count). The van der Waals surface area contributed by atoms with Crippen molar-refractivity contribution in [3.05, 3.63) is 0 Å². The van der Waals surface area contributed by atoms with E-state index in [1.165, 1.54) is 0 Å². The number of cyclic esters (lactones) is 1. The van der Waals surface area contributed by atoms with Crippen molar-refractivity contribution >= 4 is 29.7 Å². The van der Waals surface area contributed by atoms with Crippen LogP contribution in [-0.4, -0.2) is 40.0 Å². The molecule has 0 spiro atoms. The minimum atomic E-state index is -3.45. The molecule has 78 valence electrons. The minimum Gasteiger partial charge on any atom is -0.442 e. The van der Waals surface area contributed by atoms with E-state index in [1.54, 1.807) is 0 Å². The van der Waals surface area contributed by atoms with Crippen LogP contribution in [0.25, 0.3) is 0 Å². The third-order valence-electron chi connectivity index (χ3n) is 1.22. The van der Waals surface area contributed by atoms with Gasteiger partial charge in [0.05, 0.1) is 12.8 Å². The van der Waals surface area contributed by atoms with E-state index in [0.717, 1.165) is 6.26 Å². The molecule has 0 aromatic heterocycles. The molecule has 0 aromatic carbocycles. The first-order valence-corrected chi connectivity index (χ1v) is 5.08. The standard InChI is InChI=1S/C5H9NO5S.H2S/c1-12(8,9)10-3-4-2-6-5(7)11-4;/h4H,2-3H2,1H3,(H,6,7);1H2/t4-;/m0./s1. The van der Waals surface area contributed by atoms with Gasteiger partial charge in [0.1, 0.15) is 12.7 Å². The first kappa shape index (κ1) is 12.5. The lowest BCUT2D eigenvalue weighted by Gasteiger charge is -2.05. The van der Waals surface area contributed by atoms with E-state index in [1.807, 2.05) is 0 Å². The van der Waals surface area contributed by atoms with Crippen LogP contribution >= 0.6 is 13.5 Å². The molecule has 0 aliphatic carbocycles. The molecule has 1 heterocycles. The van der Waals surface area contributed by atoms with Crippen molar-refractivity contribution in [2.75, 3.05) is 19.4 Å². The minimum absolute atomic E-state index is 0. The summed E-state index contributed by atoms with van der Waals surface area (Å²) in [6.07, 6.45) is -0.110. The molecule has 1 fully saturated rings. The lowest BCUT2D eigenvalue weighted by Crippen LogP contribution is -2.22. The second-order valence-corrected chi connectivity index (χ2v) is 4.04. The molecular weight excluding hydrogens is 218 g/mol. The summed E-state index contributed by atoms with van der Waals surface area (Å²) in [5, 5.41) is 2.37. The Bertz CT molecular complexity index is 275. The molecule has 1 amide bonds. The maximum absolute atomic E-state index is 10.5. The summed E-state index contributed by atoms with van der Waals surface area (Å²) in [5.41, 5.74) is 0. The van der Waals surface area contributed by atoms with Crippen molar-refractivity contribution in [2.45, 2.75) is 6.10 Å². The summed E-state index contributed by atoms with van der Waals surface area (Å²) in [6.45, 7) is 0.159. The Kier molecular flexibility index (Phi) is 4.51. The largest absolute Gasteiger partial charge is 0.442 e. The van der Waals surface area contributed by atoms with Crippen molar-refractivity contribution in [1.82, 2.24) is 5.32 Å². The predicted octanol–water partition coefficient (Wildman–Crippen LogP) is -0.816. The summed E-state index contributed by atoms with van der Waals surface area (Å²) in [5.74, 6) is 0. The smallest absolute Gasteiger partial charge is 0.407 e. The number of nitrogens with one attached hydrogen (secondary N) is 1. The predicted molar refractivity (Wildman–Crippen MR) is 49.4 cm³/mol. The van der Waals surface area contributed by atoms with Crippen LogP contribution in [0.5, 0.6) is 0 Å². The molecule has 8 heteroatoms. The SMILES string of the molecule is CS(=O)(=O)OC[C@@H]1CNC(=O)O1.S. The zero-order valence-electron chi connectivity index (χ0n) is 6.94. The molecule has 1 saturated heterocycles. The van der Waals surface area contributed by atoms with Crippen LogP contribution in [0.3, 0.4) is 0 Å². The lowest BCUT2D eigenvalue weighted by atomic mass is 10.4. The van der Waals surface area contributed by atoms with Crippen LogP contribution in [-0.2, 0) is 19.0 Å². The Balaban J connectivity index is 0.00000144. The fourth-order valence-electron chi connectivity index (χ4n) is 0.724. The molecule has 0 bridgehead atoms. The van der Waals surface area contributed by atoms with Gasteiger partial charge in [0, 0.05) is 0 Å². The van der Waals surface area contributed by atoms with Crippen LogP contribution < -0.4 is 5.32 Å². The van der Waals surface area contributed by atoms with Crippen molar-refractivity contribution in [1.29, 1.82) is 0 Å². The molecule has 13 heavy (non-hydrogen) atoms. The summed E-state index contributed by atoms with van der Waals surface area (Å²) >= 11 is 0. The molecule has 1 aliphatic heterocycles. The van der Waals surface area contributed by atoms with Gasteiger partial charge in [-0.25, -0.2) is 4.79 Å². The van der Waals surface area contributed by atoms with Gasteiger partial charge >= 0.3 is 6.09 Å². The molecule has 1 N–H and O–H groups in total. The zero-order valence-corrected chi connectivity index (χ0v) is 8.76. The average molecular weight is 229 g/mol. The number of hydrogen-bond donors (Lipinski definition) is 1. The van der Waals surface area contributed by atoms with Crippen molar-refractivity contribution in [3.63, 3.8) is 0 Å². The monoisotopic (exact) mass is 229 g/mol. The molecule has 1 aliphatic rings. The maximum Gasteiger partial charge on any atom is 0.407 e. The fraction of sp³-hybridized carbons (Fsp3) is 0.800. The third kappa shape index (κ3) is 4.96. The fourth-order valence-corrected chi connectivity index (χ4v) is 1.12. The van der Waals surface area contributed by atoms with Gasteiger partial charge in [-0.1, -0.05) is 0 Å². The van der Waals surface area contributed by atoms with Gasteiger partial charge < -0.3 is 10.1 Å². The van der Waals surface area contributed by atoms with E-state index < -0.39 is 22.3 Å². The highest BCUT2D eigenvalue weighted by molar-refractivity contribution is 7.85. The van der Waals surface area contributed by atoms with Crippen LogP contribution in [0.4, 0.5) is 4.79 Å². The number of rotatable bonds is 3. The summed E-state index contributed by atoms with van der Waals surface area (Å²) in [7, 11) is -3.45. The highest BCUT2D eigenvalue weighted by Gasteiger charge is 2.23. The van der Waals surface area contributed by atoms with Crippen LogP contribution in [0.1, 0.15) is 0 Å². The zero-order chi connectivity index (χ0) is 9.19. The van der Waals surface area contributed by atoms with Crippen molar-refractivity contribution in [2.24, 2.45) is 0 Å². The van der Waals surface area contributed by atoms with E-state index >= 15 is 0 Å². The first-order chi connectivity index (χ1) is 5.47. The number of alkyl carbamates (subject to hydrolysis) is 1. The lowest BCUT2D eigenvalue weighted by molar-refractivity contribution is 0.107. The van der Waals surface area contributed by atoms with Gasteiger partial charge in [-0.15, -0.1) is 0 Å². The van der Waals surface area contributed by atoms with Gasteiger partial charge in [-0.05, 0) is 0 Å². The normalized spacial score (nSPS) is 21.6. The summed E-state index contributed by atoms with van der Waals surface area (Å²) in [4.78, 5) is 10.4. The van der Waals surface area contributed by atoms with Gasteiger partial charge in [0.15, 0.2) is 0 Å². The van der Waals surface area contributed by atoms with Crippen molar-refractivity contribution < 1.29 is 22.1 Å². The van der Waals surface area contributed by atoms with Gasteiger partial charge in [0.25, 0.3) is 10.1 Å². The Morgan fingerprint density at radius 1 is 1.69 bits per heavy atom. The number of carbonyl (C=O) groups is 1. The molecule has 1 atom stereocenters. The molecule has 0 aromatic rings. The van der Waals surface area contributed by atoms with Crippen LogP contribution in [0, 0.1) is 0 Å². The highest BCUT2D eigenvalue weighted by Crippen LogP contribution is 2.01. The summed E-state index contributed by atoms with van der Waals surface area (Å²) in [6, 6.07) is 0. The van der Waals surface area contributed by atoms with Crippen LogP contribution in [0.2, 0.25) is 0 Å². The second kappa shape index (κ2) is 4.68. The number of hydrogen-bond acceptors (Lipinski definition) is 5. The maximum atomic E-state index is 10.5. The van der Waals surface area contributed by atoms with Gasteiger partial charge in [0.2, 0.25) is 0 Å². The third-order valence-corrected chi connectivity index (χ3v) is 1.78. The van der Waals surface area contributed by atoms with E-state index in [9.17, 15) is 13.2 Å². The number of amides is 1. The highest BCUT2D eigenvalue weighted by atomic mass is 32.2. The molecule has 0 radical (unpaired) electrons. The topological polar surface area (TPSA) is 81.7 Å². The van der Waals surface area contributed by atoms with E-state index in [4.69, 9.17) is 0 Å². The van der Waals surface area contributed by atoms with E-state index in [0.29, 0.717) is 0 Å².